The predicted molar refractivity (Wildman–Crippen MR) is 96.3 cm³/mol. The van der Waals surface area contributed by atoms with E-state index in [1.807, 2.05) is 18.2 Å². The molecule has 2 rings (SSSR count). The molecule has 5 nitrogen and oxygen atoms in total. The first-order valence-corrected chi connectivity index (χ1v) is 7.95. The molecule has 0 fully saturated rings. The number of ether oxygens (including phenoxy) is 2. The summed E-state index contributed by atoms with van der Waals surface area (Å²) in [6, 6.07) is 14.4. The number of esters is 1. The Morgan fingerprint density at radius 3 is 2.52 bits per heavy atom. The van der Waals surface area contributed by atoms with Gasteiger partial charge in [0.05, 0.1) is 7.11 Å². The van der Waals surface area contributed by atoms with Gasteiger partial charge in [-0.3, -0.25) is 4.79 Å². The quantitative estimate of drug-likeness (QED) is 0.609. The van der Waals surface area contributed by atoms with Crippen molar-refractivity contribution >= 4 is 29.6 Å². The van der Waals surface area contributed by atoms with Gasteiger partial charge in [0.25, 0.3) is 5.91 Å². The van der Waals surface area contributed by atoms with Crippen LogP contribution < -0.4 is 10.1 Å². The van der Waals surface area contributed by atoms with Gasteiger partial charge in [0.2, 0.25) is 0 Å². The average molecular weight is 360 g/mol. The van der Waals surface area contributed by atoms with Crippen LogP contribution in [0.5, 0.6) is 5.75 Å². The normalized spacial score (nSPS) is 10.5. The zero-order valence-electron chi connectivity index (χ0n) is 13.7. The molecule has 0 saturated carbocycles. The minimum atomic E-state index is -0.612. The fraction of sp³-hybridized carbons (Fsp3) is 0.158. The Morgan fingerprint density at radius 2 is 1.84 bits per heavy atom. The van der Waals surface area contributed by atoms with Crippen LogP contribution >= 0.6 is 11.6 Å². The van der Waals surface area contributed by atoms with E-state index >= 15 is 0 Å². The SMILES string of the molecule is COc1ccc(CNC(=O)COC(=O)/C=C/c2ccccc2Cl)cc1. The minimum absolute atomic E-state index is 0.343. The first kappa shape index (κ1) is 18.5. The molecule has 0 spiro atoms. The molecule has 6 heteroatoms. The van der Waals surface area contributed by atoms with Crippen molar-refractivity contribution in [3.8, 4) is 5.75 Å². The van der Waals surface area contributed by atoms with Crippen LogP contribution in [0.25, 0.3) is 6.08 Å². The zero-order chi connectivity index (χ0) is 18.1. The lowest BCUT2D eigenvalue weighted by molar-refractivity contribution is -0.143. The van der Waals surface area contributed by atoms with Gasteiger partial charge in [-0.2, -0.15) is 0 Å². The van der Waals surface area contributed by atoms with E-state index < -0.39 is 5.97 Å². The van der Waals surface area contributed by atoms with Gasteiger partial charge in [-0.05, 0) is 35.4 Å². The highest BCUT2D eigenvalue weighted by Gasteiger charge is 2.05. The number of methoxy groups -OCH3 is 1. The maximum atomic E-state index is 11.7. The van der Waals surface area contributed by atoms with Gasteiger partial charge >= 0.3 is 5.97 Å². The fourth-order valence-electron chi connectivity index (χ4n) is 1.95. The highest BCUT2D eigenvalue weighted by atomic mass is 35.5. The lowest BCUT2D eigenvalue weighted by Crippen LogP contribution is -2.28. The number of hydrogen-bond donors (Lipinski definition) is 1. The topological polar surface area (TPSA) is 64.6 Å². The second-order valence-electron chi connectivity index (χ2n) is 5.09. The van der Waals surface area contributed by atoms with Crippen LogP contribution in [-0.4, -0.2) is 25.6 Å². The number of carbonyl (C=O) groups excluding carboxylic acids is 2. The summed E-state index contributed by atoms with van der Waals surface area (Å²) in [7, 11) is 1.59. The summed E-state index contributed by atoms with van der Waals surface area (Å²) in [5.74, 6) is -0.246. The number of halogens is 1. The molecule has 0 aliphatic heterocycles. The molecule has 0 radical (unpaired) electrons. The van der Waals surface area contributed by atoms with Crippen molar-refractivity contribution in [1.82, 2.24) is 5.32 Å². The Kier molecular flexibility index (Phi) is 7.04. The highest BCUT2D eigenvalue weighted by molar-refractivity contribution is 6.32. The Bertz CT molecular complexity index is 756. The van der Waals surface area contributed by atoms with E-state index in [-0.39, 0.29) is 12.5 Å². The first-order chi connectivity index (χ1) is 12.1. The van der Waals surface area contributed by atoms with E-state index in [0.717, 1.165) is 11.3 Å². The second-order valence-corrected chi connectivity index (χ2v) is 5.49. The maximum absolute atomic E-state index is 11.7. The molecule has 0 saturated heterocycles. The van der Waals surface area contributed by atoms with Crippen LogP contribution in [0, 0.1) is 0 Å². The molecule has 2 aromatic carbocycles. The number of carbonyl (C=O) groups is 2. The fourth-order valence-corrected chi connectivity index (χ4v) is 2.15. The van der Waals surface area contributed by atoms with E-state index in [1.54, 1.807) is 43.5 Å². The maximum Gasteiger partial charge on any atom is 0.331 e. The molecule has 0 bridgehead atoms. The molecule has 1 amide bonds. The third-order valence-corrected chi connectivity index (χ3v) is 3.64. The van der Waals surface area contributed by atoms with Crippen LogP contribution in [0.15, 0.2) is 54.6 Å². The van der Waals surface area contributed by atoms with Crippen molar-refractivity contribution in [3.63, 3.8) is 0 Å². The third-order valence-electron chi connectivity index (χ3n) is 3.30. The molecule has 0 aliphatic carbocycles. The monoisotopic (exact) mass is 359 g/mol. The Labute approximate surface area is 151 Å². The van der Waals surface area contributed by atoms with Crippen molar-refractivity contribution in [3.05, 3.63) is 70.8 Å². The molecule has 0 aromatic heterocycles. The van der Waals surface area contributed by atoms with E-state index in [0.29, 0.717) is 17.1 Å². The molecule has 0 heterocycles. The van der Waals surface area contributed by atoms with Crippen LogP contribution in [0.2, 0.25) is 5.02 Å². The van der Waals surface area contributed by atoms with Gasteiger partial charge in [0.1, 0.15) is 5.75 Å². The Balaban J connectivity index is 1.73. The summed E-state index contributed by atoms with van der Waals surface area (Å²) < 4.78 is 9.95. The van der Waals surface area contributed by atoms with Crippen molar-refractivity contribution in [2.24, 2.45) is 0 Å². The van der Waals surface area contributed by atoms with Crippen LogP contribution in [0.4, 0.5) is 0 Å². The van der Waals surface area contributed by atoms with E-state index in [4.69, 9.17) is 21.1 Å². The smallest absolute Gasteiger partial charge is 0.331 e. The standard InChI is InChI=1S/C19H18ClNO4/c1-24-16-9-6-14(7-10-16)12-21-18(22)13-25-19(23)11-8-15-4-2-3-5-17(15)20/h2-11H,12-13H2,1H3,(H,21,22)/b11-8+. The molecular weight excluding hydrogens is 342 g/mol. The van der Waals surface area contributed by atoms with E-state index in [9.17, 15) is 9.59 Å². The number of rotatable bonds is 7. The third kappa shape index (κ3) is 6.31. The average Bonchev–Trinajstić information content (AvgIpc) is 2.64. The van der Waals surface area contributed by atoms with Crippen molar-refractivity contribution in [2.45, 2.75) is 6.54 Å². The summed E-state index contributed by atoms with van der Waals surface area (Å²) in [5, 5.41) is 3.20. The van der Waals surface area contributed by atoms with E-state index in [2.05, 4.69) is 5.32 Å². The van der Waals surface area contributed by atoms with Crippen molar-refractivity contribution in [1.29, 1.82) is 0 Å². The molecular formula is C19H18ClNO4. The lowest BCUT2D eigenvalue weighted by Gasteiger charge is -2.06. The highest BCUT2D eigenvalue weighted by Crippen LogP contribution is 2.16. The Hall–Kier alpha value is -2.79. The Morgan fingerprint density at radius 1 is 1.12 bits per heavy atom. The van der Waals surface area contributed by atoms with Gasteiger partial charge in [0.15, 0.2) is 6.61 Å². The van der Waals surface area contributed by atoms with Gasteiger partial charge < -0.3 is 14.8 Å². The van der Waals surface area contributed by atoms with Crippen molar-refractivity contribution < 1.29 is 19.1 Å². The largest absolute Gasteiger partial charge is 0.497 e. The van der Waals surface area contributed by atoms with Gasteiger partial charge in [0, 0.05) is 17.6 Å². The molecule has 25 heavy (non-hydrogen) atoms. The summed E-state index contributed by atoms with van der Waals surface area (Å²) in [6.45, 7) is -0.00229. The lowest BCUT2D eigenvalue weighted by atomic mass is 10.2. The summed E-state index contributed by atoms with van der Waals surface area (Å²) >= 11 is 5.98. The predicted octanol–water partition coefficient (Wildman–Crippen LogP) is 3.22. The zero-order valence-corrected chi connectivity index (χ0v) is 14.5. The van der Waals surface area contributed by atoms with Crippen LogP contribution in [0.1, 0.15) is 11.1 Å². The number of amides is 1. The van der Waals surface area contributed by atoms with Gasteiger partial charge in [-0.1, -0.05) is 41.9 Å². The number of hydrogen-bond acceptors (Lipinski definition) is 4. The molecule has 1 N–H and O–H groups in total. The van der Waals surface area contributed by atoms with Crippen molar-refractivity contribution in [2.75, 3.05) is 13.7 Å². The molecule has 0 atom stereocenters. The number of benzene rings is 2. The summed E-state index contributed by atoms with van der Waals surface area (Å²) in [5.41, 5.74) is 1.61. The molecule has 130 valence electrons. The first-order valence-electron chi connectivity index (χ1n) is 7.57. The summed E-state index contributed by atoms with van der Waals surface area (Å²) in [6.07, 6.45) is 2.78. The van der Waals surface area contributed by atoms with Gasteiger partial charge in [-0.25, -0.2) is 4.79 Å². The van der Waals surface area contributed by atoms with Gasteiger partial charge in [-0.15, -0.1) is 0 Å². The summed E-state index contributed by atoms with van der Waals surface area (Å²) in [4.78, 5) is 23.3. The van der Waals surface area contributed by atoms with Crippen LogP contribution in [-0.2, 0) is 20.9 Å². The molecule has 0 unspecified atom stereocenters. The molecule has 0 aliphatic rings. The minimum Gasteiger partial charge on any atom is -0.497 e. The second kappa shape index (κ2) is 9.49. The van der Waals surface area contributed by atoms with E-state index in [1.165, 1.54) is 6.08 Å². The van der Waals surface area contributed by atoms with Crippen LogP contribution in [0.3, 0.4) is 0 Å². The number of nitrogens with one attached hydrogen (secondary N) is 1. The molecule has 2 aromatic rings.